The highest BCUT2D eigenvalue weighted by Gasteiger charge is 2.28. The molecule has 0 aliphatic carbocycles. The van der Waals surface area contributed by atoms with Crippen LogP contribution in [0.1, 0.15) is 12.8 Å². The molecule has 0 radical (unpaired) electrons. The number of nitrogens with one attached hydrogen (secondary N) is 1. The number of anilines is 1. The first kappa shape index (κ1) is 18.0. The minimum atomic E-state index is -0.214. The maximum atomic E-state index is 12.8. The molecule has 3 aromatic rings. The Kier molecular flexibility index (Phi) is 5.18. The molecular formula is C20H22N6O2. The number of benzene rings is 1. The maximum absolute atomic E-state index is 12.8. The SMILES string of the molecule is O=C(Nc1cccc(-n2cccn2)c1)[C@H]1CCCN(C(=O)Cn2ccnc2)C1. The van der Waals surface area contributed by atoms with E-state index in [9.17, 15) is 9.59 Å². The van der Waals surface area contributed by atoms with Crippen LogP contribution in [0.5, 0.6) is 0 Å². The van der Waals surface area contributed by atoms with E-state index in [0.29, 0.717) is 13.1 Å². The normalized spacial score (nSPS) is 16.7. The van der Waals surface area contributed by atoms with E-state index in [2.05, 4.69) is 15.4 Å². The summed E-state index contributed by atoms with van der Waals surface area (Å²) in [5.41, 5.74) is 1.60. The number of likely N-dealkylation sites (tertiary alicyclic amines) is 1. The van der Waals surface area contributed by atoms with Gasteiger partial charge in [0.05, 0.1) is 17.9 Å². The van der Waals surface area contributed by atoms with E-state index in [4.69, 9.17) is 0 Å². The highest BCUT2D eigenvalue weighted by molar-refractivity contribution is 5.93. The number of aromatic nitrogens is 4. The third-order valence-corrected chi connectivity index (χ3v) is 4.90. The fraction of sp³-hybridized carbons (Fsp3) is 0.300. The number of rotatable bonds is 5. The highest BCUT2D eigenvalue weighted by atomic mass is 16.2. The molecule has 144 valence electrons. The molecule has 28 heavy (non-hydrogen) atoms. The summed E-state index contributed by atoms with van der Waals surface area (Å²) in [6.45, 7) is 1.38. The molecule has 1 atom stereocenters. The second-order valence-corrected chi connectivity index (χ2v) is 6.90. The van der Waals surface area contributed by atoms with Crippen LogP contribution in [0, 0.1) is 5.92 Å². The first-order chi connectivity index (χ1) is 13.7. The molecule has 1 aromatic carbocycles. The van der Waals surface area contributed by atoms with Gasteiger partial charge in [-0.3, -0.25) is 9.59 Å². The van der Waals surface area contributed by atoms with Gasteiger partial charge < -0.3 is 14.8 Å². The Hall–Kier alpha value is -3.42. The van der Waals surface area contributed by atoms with Crippen molar-refractivity contribution in [2.45, 2.75) is 19.4 Å². The molecule has 8 nitrogen and oxygen atoms in total. The van der Waals surface area contributed by atoms with Crippen molar-refractivity contribution in [3.63, 3.8) is 0 Å². The van der Waals surface area contributed by atoms with E-state index in [1.807, 2.05) is 36.5 Å². The van der Waals surface area contributed by atoms with Crippen molar-refractivity contribution in [2.24, 2.45) is 5.92 Å². The number of hydrogen-bond donors (Lipinski definition) is 1. The highest BCUT2D eigenvalue weighted by Crippen LogP contribution is 2.20. The summed E-state index contributed by atoms with van der Waals surface area (Å²) in [5.74, 6) is -0.261. The molecule has 0 saturated carbocycles. The second kappa shape index (κ2) is 8.08. The largest absolute Gasteiger partial charge is 0.340 e. The van der Waals surface area contributed by atoms with Crippen LogP contribution in [0.15, 0.2) is 61.4 Å². The molecule has 1 aliphatic rings. The van der Waals surface area contributed by atoms with Crippen LogP contribution < -0.4 is 5.32 Å². The smallest absolute Gasteiger partial charge is 0.242 e. The molecule has 1 N–H and O–H groups in total. The summed E-state index contributed by atoms with van der Waals surface area (Å²) in [5, 5.41) is 7.20. The van der Waals surface area contributed by atoms with Crippen LogP contribution in [0.25, 0.3) is 5.69 Å². The van der Waals surface area contributed by atoms with Crippen molar-refractivity contribution in [3.8, 4) is 5.69 Å². The van der Waals surface area contributed by atoms with Gasteiger partial charge in [-0.1, -0.05) is 6.07 Å². The zero-order chi connectivity index (χ0) is 19.3. The number of imidazole rings is 1. The molecule has 2 amide bonds. The Balaban J connectivity index is 1.38. The zero-order valence-corrected chi connectivity index (χ0v) is 15.4. The molecule has 2 aromatic heterocycles. The van der Waals surface area contributed by atoms with Crippen molar-refractivity contribution < 1.29 is 9.59 Å². The lowest BCUT2D eigenvalue weighted by Gasteiger charge is -2.32. The fourth-order valence-electron chi connectivity index (χ4n) is 3.45. The average Bonchev–Trinajstić information content (AvgIpc) is 3.42. The van der Waals surface area contributed by atoms with Gasteiger partial charge in [-0.15, -0.1) is 0 Å². The van der Waals surface area contributed by atoms with E-state index in [0.717, 1.165) is 24.2 Å². The molecule has 0 unspecified atom stereocenters. The van der Waals surface area contributed by atoms with E-state index in [1.165, 1.54) is 0 Å². The molecule has 0 spiro atoms. The van der Waals surface area contributed by atoms with E-state index in [-0.39, 0.29) is 24.3 Å². The van der Waals surface area contributed by atoms with E-state index >= 15 is 0 Å². The summed E-state index contributed by atoms with van der Waals surface area (Å²) >= 11 is 0. The Labute approximate surface area is 162 Å². The first-order valence-corrected chi connectivity index (χ1v) is 9.33. The lowest BCUT2D eigenvalue weighted by Crippen LogP contribution is -2.44. The summed E-state index contributed by atoms with van der Waals surface area (Å²) in [6, 6.07) is 9.41. The molecule has 8 heteroatoms. The third-order valence-electron chi connectivity index (χ3n) is 4.90. The van der Waals surface area contributed by atoms with Gasteiger partial charge in [0.15, 0.2) is 0 Å². The van der Waals surface area contributed by atoms with Crippen LogP contribution in [0.4, 0.5) is 5.69 Å². The van der Waals surface area contributed by atoms with Crippen molar-refractivity contribution in [3.05, 3.63) is 61.4 Å². The average molecular weight is 378 g/mol. The number of hydrogen-bond acceptors (Lipinski definition) is 4. The van der Waals surface area contributed by atoms with Gasteiger partial charge in [-0.2, -0.15) is 5.10 Å². The van der Waals surface area contributed by atoms with Gasteiger partial charge in [-0.05, 0) is 37.1 Å². The van der Waals surface area contributed by atoms with Crippen LogP contribution in [-0.4, -0.2) is 49.1 Å². The standard InChI is InChI=1S/C20H22N6O2/c27-19(14-24-11-8-21-15-24)25-9-2-4-16(13-25)20(28)23-17-5-1-6-18(12-17)26-10-3-7-22-26/h1,3,5-8,10-12,15-16H,2,4,9,13-14H2,(H,23,28)/t16-/m0/s1. The van der Waals surface area contributed by atoms with Gasteiger partial charge in [0, 0.05) is 43.6 Å². The minimum absolute atomic E-state index is 0.0104. The third kappa shape index (κ3) is 4.11. The predicted octanol–water partition coefficient (Wildman–Crippen LogP) is 1.95. The number of carbonyl (C=O) groups is 2. The number of amides is 2. The van der Waals surface area contributed by atoms with Gasteiger partial charge in [0.25, 0.3) is 0 Å². The van der Waals surface area contributed by atoms with Gasteiger partial charge in [0.2, 0.25) is 11.8 Å². The van der Waals surface area contributed by atoms with Gasteiger partial charge in [-0.25, -0.2) is 9.67 Å². The lowest BCUT2D eigenvalue weighted by atomic mass is 9.97. The van der Waals surface area contributed by atoms with Crippen molar-refractivity contribution >= 4 is 17.5 Å². The summed E-state index contributed by atoms with van der Waals surface area (Å²) < 4.78 is 3.49. The van der Waals surface area contributed by atoms with Gasteiger partial charge >= 0.3 is 0 Å². The van der Waals surface area contributed by atoms with E-state index in [1.54, 1.807) is 39.1 Å². The number of carbonyl (C=O) groups excluding carboxylic acids is 2. The fourth-order valence-corrected chi connectivity index (χ4v) is 3.45. The molecule has 4 rings (SSSR count). The Bertz CT molecular complexity index is 936. The van der Waals surface area contributed by atoms with Crippen LogP contribution >= 0.6 is 0 Å². The molecule has 3 heterocycles. The first-order valence-electron chi connectivity index (χ1n) is 9.33. The molecule has 1 fully saturated rings. The zero-order valence-electron chi connectivity index (χ0n) is 15.4. The van der Waals surface area contributed by atoms with Crippen LogP contribution in [0.2, 0.25) is 0 Å². The topological polar surface area (TPSA) is 85.0 Å². The minimum Gasteiger partial charge on any atom is -0.340 e. The Morgan fingerprint density at radius 1 is 1.18 bits per heavy atom. The lowest BCUT2D eigenvalue weighted by molar-refractivity contribution is -0.135. The van der Waals surface area contributed by atoms with Crippen LogP contribution in [-0.2, 0) is 16.1 Å². The summed E-state index contributed by atoms with van der Waals surface area (Å²) in [4.78, 5) is 31.0. The molecular weight excluding hydrogens is 356 g/mol. The maximum Gasteiger partial charge on any atom is 0.242 e. The van der Waals surface area contributed by atoms with Gasteiger partial charge in [0.1, 0.15) is 6.54 Å². The predicted molar refractivity (Wildman–Crippen MR) is 104 cm³/mol. The second-order valence-electron chi connectivity index (χ2n) is 6.90. The Morgan fingerprint density at radius 2 is 2.11 bits per heavy atom. The van der Waals surface area contributed by atoms with Crippen molar-refractivity contribution in [1.82, 2.24) is 24.2 Å². The molecule has 0 bridgehead atoms. The van der Waals surface area contributed by atoms with E-state index < -0.39 is 0 Å². The molecule has 1 aliphatic heterocycles. The number of piperidine rings is 1. The Morgan fingerprint density at radius 3 is 2.89 bits per heavy atom. The summed E-state index contributed by atoms with van der Waals surface area (Å²) in [6.07, 6.45) is 10.2. The monoisotopic (exact) mass is 378 g/mol. The quantitative estimate of drug-likeness (QED) is 0.735. The van der Waals surface area contributed by atoms with Crippen molar-refractivity contribution in [1.29, 1.82) is 0 Å². The number of nitrogens with zero attached hydrogens (tertiary/aromatic N) is 5. The summed E-state index contributed by atoms with van der Waals surface area (Å²) in [7, 11) is 0. The van der Waals surface area contributed by atoms with Crippen LogP contribution in [0.3, 0.4) is 0 Å². The molecule has 1 saturated heterocycles. The van der Waals surface area contributed by atoms with Crippen molar-refractivity contribution in [2.75, 3.05) is 18.4 Å².